The third kappa shape index (κ3) is 4.17. The van der Waals surface area contributed by atoms with Crippen LogP contribution in [0.15, 0.2) is 84.9 Å². The summed E-state index contributed by atoms with van der Waals surface area (Å²) in [5.41, 5.74) is 0. The molecule has 0 aromatic heterocycles. The zero-order valence-corrected chi connectivity index (χ0v) is 15.9. The van der Waals surface area contributed by atoms with E-state index in [4.69, 9.17) is 4.74 Å². The standard InChI is InChI=1S/C24H25OP/c1-4-10-20(11-5-1)25-21-16-18-24(19-17-21)26(22-12-6-2-7-13-22)23-14-8-3-9-15-23/h2-3,6-9,12-20H,1,4-5,10-11H2. The number of rotatable bonds is 5. The maximum Gasteiger partial charge on any atom is 0.119 e. The molecule has 3 aromatic carbocycles. The van der Waals surface area contributed by atoms with Crippen LogP contribution in [0.25, 0.3) is 0 Å². The van der Waals surface area contributed by atoms with Crippen molar-refractivity contribution in [2.24, 2.45) is 0 Å². The summed E-state index contributed by atoms with van der Waals surface area (Å²) in [7, 11) is -0.533. The highest BCUT2D eigenvalue weighted by atomic mass is 31.1. The predicted octanol–water partition coefficient (Wildman–Crippen LogP) is 5.16. The van der Waals surface area contributed by atoms with Gasteiger partial charge in [-0.05, 0) is 61.7 Å². The van der Waals surface area contributed by atoms with Gasteiger partial charge in [-0.1, -0.05) is 79.2 Å². The van der Waals surface area contributed by atoms with Crippen molar-refractivity contribution in [3.8, 4) is 5.75 Å². The smallest absolute Gasteiger partial charge is 0.119 e. The van der Waals surface area contributed by atoms with E-state index in [0.29, 0.717) is 6.10 Å². The molecule has 1 nitrogen and oxygen atoms in total. The molecule has 0 bridgehead atoms. The molecule has 0 saturated heterocycles. The van der Waals surface area contributed by atoms with Gasteiger partial charge in [-0.15, -0.1) is 0 Å². The van der Waals surface area contributed by atoms with E-state index in [0.717, 1.165) is 5.75 Å². The molecule has 4 rings (SSSR count). The molecule has 1 aliphatic carbocycles. The van der Waals surface area contributed by atoms with Crippen molar-refractivity contribution in [3.63, 3.8) is 0 Å². The molecule has 0 aliphatic heterocycles. The van der Waals surface area contributed by atoms with Crippen molar-refractivity contribution in [1.29, 1.82) is 0 Å². The quantitative estimate of drug-likeness (QED) is 0.571. The van der Waals surface area contributed by atoms with Crippen LogP contribution in [-0.4, -0.2) is 6.10 Å². The maximum absolute atomic E-state index is 6.21. The molecule has 1 saturated carbocycles. The molecule has 1 fully saturated rings. The van der Waals surface area contributed by atoms with Gasteiger partial charge in [0.05, 0.1) is 6.10 Å². The Morgan fingerprint density at radius 2 is 1.08 bits per heavy atom. The van der Waals surface area contributed by atoms with E-state index in [1.165, 1.54) is 48.0 Å². The van der Waals surface area contributed by atoms with Crippen LogP contribution in [-0.2, 0) is 0 Å². The van der Waals surface area contributed by atoms with Crippen LogP contribution in [0, 0.1) is 0 Å². The van der Waals surface area contributed by atoms with Crippen molar-refractivity contribution in [2.45, 2.75) is 38.2 Å². The van der Waals surface area contributed by atoms with Crippen LogP contribution in [0.5, 0.6) is 5.75 Å². The highest BCUT2D eigenvalue weighted by molar-refractivity contribution is 7.79. The molecular weight excluding hydrogens is 335 g/mol. The first-order valence-corrected chi connectivity index (χ1v) is 10.9. The number of hydrogen-bond donors (Lipinski definition) is 0. The van der Waals surface area contributed by atoms with Gasteiger partial charge in [0.25, 0.3) is 0 Å². The fourth-order valence-electron chi connectivity index (χ4n) is 3.65. The Balaban J connectivity index is 1.59. The lowest BCUT2D eigenvalue weighted by molar-refractivity contribution is 0.155. The molecular formula is C24H25OP. The Morgan fingerprint density at radius 3 is 1.62 bits per heavy atom. The van der Waals surface area contributed by atoms with E-state index in [9.17, 15) is 0 Å². The first kappa shape index (κ1) is 17.3. The lowest BCUT2D eigenvalue weighted by Crippen LogP contribution is -2.21. The van der Waals surface area contributed by atoms with Crippen molar-refractivity contribution >= 4 is 23.8 Å². The summed E-state index contributed by atoms with van der Waals surface area (Å²) in [4.78, 5) is 0. The fraction of sp³-hybridized carbons (Fsp3) is 0.250. The van der Waals surface area contributed by atoms with Crippen LogP contribution < -0.4 is 20.7 Å². The Hall–Kier alpha value is -2.11. The van der Waals surface area contributed by atoms with Gasteiger partial charge in [0.2, 0.25) is 0 Å². The van der Waals surface area contributed by atoms with Crippen molar-refractivity contribution < 1.29 is 4.74 Å². The highest BCUT2D eigenvalue weighted by Gasteiger charge is 2.17. The van der Waals surface area contributed by atoms with Crippen LogP contribution in [0.1, 0.15) is 32.1 Å². The molecule has 0 N–H and O–H groups in total. The monoisotopic (exact) mass is 360 g/mol. The molecule has 26 heavy (non-hydrogen) atoms. The average Bonchev–Trinajstić information content (AvgIpc) is 2.72. The summed E-state index contributed by atoms with van der Waals surface area (Å²) in [5, 5.41) is 4.14. The van der Waals surface area contributed by atoms with Gasteiger partial charge in [0.15, 0.2) is 0 Å². The molecule has 1 aliphatic rings. The second kappa shape index (κ2) is 8.52. The molecule has 0 amide bonds. The van der Waals surface area contributed by atoms with Gasteiger partial charge in [0, 0.05) is 0 Å². The molecule has 0 spiro atoms. The Morgan fingerprint density at radius 1 is 0.577 bits per heavy atom. The minimum Gasteiger partial charge on any atom is -0.490 e. The van der Waals surface area contributed by atoms with Gasteiger partial charge in [-0.25, -0.2) is 0 Å². The van der Waals surface area contributed by atoms with Gasteiger partial charge >= 0.3 is 0 Å². The Labute approximate surface area is 157 Å². The minimum atomic E-state index is -0.533. The van der Waals surface area contributed by atoms with E-state index in [2.05, 4.69) is 84.9 Å². The summed E-state index contributed by atoms with van der Waals surface area (Å²) in [6.07, 6.45) is 6.76. The average molecular weight is 360 g/mol. The van der Waals surface area contributed by atoms with Gasteiger partial charge in [-0.2, -0.15) is 0 Å². The summed E-state index contributed by atoms with van der Waals surface area (Å²) in [6.45, 7) is 0. The maximum atomic E-state index is 6.21. The van der Waals surface area contributed by atoms with Crippen molar-refractivity contribution in [2.75, 3.05) is 0 Å². The first-order chi connectivity index (χ1) is 12.9. The number of hydrogen-bond acceptors (Lipinski definition) is 1. The van der Waals surface area contributed by atoms with E-state index in [-0.39, 0.29) is 0 Å². The summed E-state index contributed by atoms with van der Waals surface area (Å²) in [6, 6.07) is 30.5. The molecule has 132 valence electrons. The normalized spacial score (nSPS) is 15.1. The van der Waals surface area contributed by atoms with Crippen LogP contribution in [0.3, 0.4) is 0 Å². The Kier molecular flexibility index (Phi) is 5.67. The zero-order valence-electron chi connectivity index (χ0n) is 15.1. The highest BCUT2D eigenvalue weighted by Crippen LogP contribution is 2.33. The summed E-state index contributed by atoms with van der Waals surface area (Å²) < 4.78 is 6.21. The molecule has 0 radical (unpaired) electrons. The third-order valence-electron chi connectivity index (χ3n) is 4.98. The lowest BCUT2D eigenvalue weighted by Gasteiger charge is -2.24. The predicted molar refractivity (Wildman–Crippen MR) is 113 cm³/mol. The SMILES string of the molecule is c1ccc(P(c2ccccc2)c2ccc(OC3CCCCC3)cc2)cc1. The second-order valence-corrected chi connectivity index (χ2v) is 9.10. The number of benzene rings is 3. The molecule has 2 heteroatoms. The van der Waals surface area contributed by atoms with Gasteiger partial charge < -0.3 is 4.74 Å². The fourth-order valence-corrected chi connectivity index (χ4v) is 5.93. The van der Waals surface area contributed by atoms with E-state index >= 15 is 0 Å². The second-order valence-electron chi connectivity index (χ2n) is 6.88. The summed E-state index contributed by atoms with van der Waals surface area (Å²) >= 11 is 0. The van der Waals surface area contributed by atoms with E-state index in [1.807, 2.05) is 0 Å². The minimum absolute atomic E-state index is 0.402. The first-order valence-electron chi connectivity index (χ1n) is 9.57. The van der Waals surface area contributed by atoms with Gasteiger partial charge in [-0.3, -0.25) is 0 Å². The van der Waals surface area contributed by atoms with E-state index in [1.54, 1.807) is 0 Å². The largest absolute Gasteiger partial charge is 0.490 e. The van der Waals surface area contributed by atoms with E-state index < -0.39 is 7.92 Å². The van der Waals surface area contributed by atoms with Crippen LogP contribution >= 0.6 is 7.92 Å². The molecule has 0 heterocycles. The Bertz CT molecular complexity index is 753. The van der Waals surface area contributed by atoms with Crippen molar-refractivity contribution in [3.05, 3.63) is 84.9 Å². The molecule has 0 atom stereocenters. The molecule has 3 aromatic rings. The number of ether oxygens (including phenoxy) is 1. The molecule has 0 unspecified atom stereocenters. The van der Waals surface area contributed by atoms with Crippen LogP contribution in [0.4, 0.5) is 0 Å². The zero-order chi connectivity index (χ0) is 17.6. The van der Waals surface area contributed by atoms with Gasteiger partial charge in [0.1, 0.15) is 5.75 Å². The van der Waals surface area contributed by atoms with Crippen LogP contribution in [0.2, 0.25) is 0 Å². The topological polar surface area (TPSA) is 9.23 Å². The van der Waals surface area contributed by atoms with Crippen molar-refractivity contribution in [1.82, 2.24) is 0 Å². The third-order valence-corrected chi connectivity index (χ3v) is 7.42. The summed E-state index contributed by atoms with van der Waals surface area (Å²) in [5.74, 6) is 1.01. The lowest BCUT2D eigenvalue weighted by atomic mass is 9.98.